The van der Waals surface area contributed by atoms with E-state index in [9.17, 15) is 9.90 Å². The molecule has 0 aromatic heterocycles. The summed E-state index contributed by atoms with van der Waals surface area (Å²) in [5.41, 5.74) is -1.32. The van der Waals surface area contributed by atoms with Crippen LogP contribution in [0.15, 0.2) is 0 Å². The van der Waals surface area contributed by atoms with Crippen LogP contribution in [0.3, 0.4) is 0 Å². The Labute approximate surface area is 90.7 Å². The Hall–Kier alpha value is -0.610. The van der Waals surface area contributed by atoms with Gasteiger partial charge in [-0.1, -0.05) is 13.8 Å². The van der Waals surface area contributed by atoms with Crippen molar-refractivity contribution in [3.63, 3.8) is 0 Å². The molecule has 0 saturated heterocycles. The molecule has 0 aromatic carbocycles. The summed E-state index contributed by atoms with van der Waals surface area (Å²) in [5.74, 6) is -0.566. The van der Waals surface area contributed by atoms with Gasteiger partial charge < -0.3 is 15.5 Å². The predicted molar refractivity (Wildman–Crippen MR) is 57.6 cm³/mol. The van der Waals surface area contributed by atoms with Crippen LogP contribution in [-0.4, -0.2) is 34.9 Å². The van der Waals surface area contributed by atoms with E-state index in [0.717, 1.165) is 6.54 Å². The molecule has 0 radical (unpaired) electrons. The van der Waals surface area contributed by atoms with Crippen LogP contribution in [0.25, 0.3) is 0 Å². The molecule has 0 spiro atoms. The number of carboxylic acid groups (broad SMARTS) is 1. The third-order valence-corrected chi connectivity index (χ3v) is 3.52. The van der Waals surface area contributed by atoms with Gasteiger partial charge in [0.15, 0.2) is 5.60 Å². The van der Waals surface area contributed by atoms with Crippen molar-refractivity contribution < 1.29 is 15.0 Å². The molecular formula is C11H21NO3. The predicted octanol–water partition coefficient (Wildman–Crippen LogP) is 0.848. The molecule has 1 aliphatic carbocycles. The van der Waals surface area contributed by atoms with Crippen molar-refractivity contribution in [1.82, 2.24) is 5.32 Å². The lowest BCUT2D eigenvalue weighted by Crippen LogP contribution is -2.46. The fourth-order valence-corrected chi connectivity index (χ4v) is 1.75. The van der Waals surface area contributed by atoms with E-state index in [1.807, 2.05) is 0 Å². The molecule has 3 N–H and O–H groups in total. The van der Waals surface area contributed by atoms with Gasteiger partial charge in [0.2, 0.25) is 0 Å². The maximum atomic E-state index is 10.6. The highest BCUT2D eigenvalue weighted by molar-refractivity contribution is 5.76. The molecule has 1 unspecified atom stereocenters. The van der Waals surface area contributed by atoms with Crippen LogP contribution >= 0.6 is 0 Å². The van der Waals surface area contributed by atoms with E-state index in [0.29, 0.717) is 11.3 Å². The number of aliphatic carboxylic acids is 1. The number of hydrogen-bond acceptors (Lipinski definition) is 3. The Kier molecular flexibility index (Phi) is 3.41. The average Bonchev–Trinajstić information content (AvgIpc) is 2.84. The molecule has 0 bridgehead atoms. The number of nitrogens with one attached hydrogen (secondary N) is 1. The molecule has 1 fully saturated rings. The SMILES string of the molecule is CC(C)C1(CNCC(C)(O)C(=O)O)CC1. The summed E-state index contributed by atoms with van der Waals surface area (Å²) in [6.45, 7) is 6.59. The molecule has 4 heteroatoms. The second-order valence-corrected chi connectivity index (χ2v) is 5.20. The van der Waals surface area contributed by atoms with Gasteiger partial charge >= 0.3 is 5.97 Å². The van der Waals surface area contributed by atoms with Crippen molar-refractivity contribution in [1.29, 1.82) is 0 Å². The van der Waals surface area contributed by atoms with Crippen LogP contribution in [0.2, 0.25) is 0 Å². The van der Waals surface area contributed by atoms with Gasteiger partial charge in [-0.25, -0.2) is 4.79 Å². The van der Waals surface area contributed by atoms with Gasteiger partial charge in [0.1, 0.15) is 0 Å². The quantitative estimate of drug-likeness (QED) is 0.614. The van der Waals surface area contributed by atoms with Gasteiger partial charge in [-0.15, -0.1) is 0 Å². The molecule has 4 nitrogen and oxygen atoms in total. The molecule has 0 amide bonds. The molecule has 0 heterocycles. The largest absolute Gasteiger partial charge is 0.479 e. The summed E-state index contributed by atoms with van der Waals surface area (Å²) in [5, 5.41) is 21.3. The van der Waals surface area contributed by atoms with Crippen LogP contribution in [0.5, 0.6) is 0 Å². The third-order valence-electron chi connectivity index (χ3n) is 3.52. The van der Waals surface area contributed by atoms with Crippen molar-refractivity contribution in [2.24, 2.45) is 11.3 Å². The lowest BCUT2D eigenvalue weighted by atomic mass is 9.92. The standard InChI is InChI=1S/C11H21NO3/c1-8(2)11(4-5-11)7-12-6-10(3,15)9(13)14/h8,12,15H,4-7H2,1-3H3,(H,13,14). The van der Waals surface area contributed by atoms with Crippen LogP contribution in [0.1, 0.15) is 33.6 Å². The fraction of sp³-hybridized carbons (Fsp3) is 0.909. The Morgan fingerprint density at radius 2 is 2.07 bits per heavy atom. The number of hydrogen-bond donors (Lipinski definition) is 3. The normalized spacial score (nSPS) is 22.5. The molecule has 15 heavy (non-hydrogen) atoms. The lowest BCUT2D eigenvalue weighted by molar-refractivity contribution is -0.156. The Balaban J connectivity index is 2.31. The summed E-state index contributed by atoms with van der Waals surface area (Å²) in [6.07, 6.45) is 2.40. The highest BCUT2D eigenvalue weighted by atomic mass is 16.4. The smallest absolute Gasteiger partial charge is 0.336 e. The first-order chi connectivity index (χ1) is 6.80. The summed E-state index contributed by atoms with van der Waals surface area (Å²) in [6, 6.07) is 0. The van der Waals surface area contributed by atoms with Gasteiger partial charge in [-0.2, -0.15) is 0 Å². The average molecular weight is 215 g/mol. The third kappa shape index (κ3) is 2.92. The highest BCUT2D eigenvalue weighted by Crippen LogP contribution is 2.51. The molecule has 1 aliphatic rings. The first-order valence-electron chi connectivity index (χ1n) is 5.47. The maximum Gasteiger partial charge on any atom is 0.336 e. The minimum Gasteiger partial charge on any atom is -0.479 e. The van der Waals surface area contributed by atoms with E-state index < -0.39 is 11.6 Å². The van der Waals surface area contributed by atoms with E-state index in [-0.39, 0.29) is 6.54 Å². The zero-order valence-electron chi connectivity index (χ0n) is 9.71. The monoisotopic (exact) mass is 215 g/mol. The molecule has 1 saturated carbocycles. The first-order valence-corrected chi connectivity index (χ1v) is 5.47. The second kappa shape index (κ2) is 4.10. The van der Waals surface area contributed by atoms with Crippen molar-refractivity contribution in [2.75, 3.05) is 13.1 Å². The minimum absolute atomic E-state index is 0.108. The Morgan fingerprint density at radius 1 is 1.53 bits per heavy atom. The van der Waals surface area contributed by atoms with E-state index in [1.54, 1.807) is 0 Å². The van der Waals surface area contributed by atoms with Crippen LogP contribution in [0, 0.1) is 11.3 Å². The molecule has 0 aliphatic heterocycles. The number of aliphatic hydroxyl groups is 1. The van der Waals surface area contributed by atoms with Crippen molar-refractivity contribution >= 4 is 5.97 Å². The van der Waals surface area contributed by atoms with Gasteiger partial charge in [-0.3, -0.25) is 0 Å². The summed E-state index contributed by atoms with van der Waals surface area (Å²) in [4.78, 5) is 10.6. The zero-order chi connectivity index (χ0) is 11.7. The topological polar surface area (TPSA) is 69.6 Å². The summed E-state index contributed by atoms with van der Waals surface area (Å²) < 4.78 is 0. The highest BCUT2D eigenvalue weighted by Gasteiger charge is 2.45. The summed E-state index contributed by atoms with van der Waals surface area (Å²) in [7, 11) is 0. The van der Waals surface area contributed by atoms with Gasteiger partial charge in [0.05, 0.1) is 0 Å². The molecule has 1 rings (SSSR count). The van der Waals surface area contributed by atoms with Crippen LogP contribution in [0.4, 0.5) is 0 Å². The van der Waals surface area contributed by atoms with Crippen molar-refractivity contribution in [2.45, 2.75) is 39.2 Å². The molecule has 0 aromatic rings. The fourth-order valence-electron chi connectivity index (χ4n) is 1.75. The number of carboxylic acids is 1. The van der Waals surface area contributed by atoms with Gasteiger partial charge in [-0.05, 0) is 31.1 Å². The van der Waals surface area contributed by atoms with E-state index in [4.69, 9.17) is 5.11 Å². The van der Waals surface area contributed by atoms with Crippen molar-refractivity contribution in [3.8, 4) is 0 Å². The van der Waals surface area contributed by atoms with Crippen molar-refractivity contribution in [3.05, 3.63) is 0 Å². The van der Waals surface area contributed by atoms with E-state index >= 15 is 0 Å². The molecular weight excluding hydrogens is 194 g/mol. The number of carbonyl (C=O) groups is 1. The number of rotatable bonds is 6. The van der Waals surface area contributed by atoms with E-state index in [1.165, 1.54) is 19.8 Å². The van der Waals surface area contributed by atoms with Gasteiger partial charge in [0.25, 0.3) is 0 Å². The van der Waals surface area contributed by atoms with Gasteiger partial charge in [0, 0.05) is 13.1 Å². The minimum atomic E-state index is -1.66. The Morgan fingerprint density at radius 3 is 2.40 bits per heavy atom. The second-order valence-electron chi connectivity index (χ2n) is 5.20. The summed E-state index contributed by atoms with van der Waals surface area (Å²) >= 11 is 0. The molecule has 88 valence electrons. The Bertz CT molecular complexity index is 244. The van der Waals surface area contributed by atoms with Crippen LogP contribution < -0.4 is 5.32 Å². The lowest BCUT2D eigenvalue weighted by Gasteiger charge is -2.23. The first kappa shape index (κ1) is 12.5. The zero-order valence-corrected chi connectivity index (χ0v) is 9.71. The molecule has 1 atom stereocenters. The van der Waals surface area contributed by atoms with Crippen LogP contribution in [-0.2, 0) is 4.79 Å². The van der Waals surface area contributed by atoms with E-state index in [2.05, 4.69) is 19.2 Å². The maximum absolute atomic E-state index is 10.6.